The van der Waals surface area contributed by atoms with E-state index in [4.69, 9.17) is 66.5 Å². The molecule has 0 saturated heterocycles. The zero-order valence-corrected chi connectivity index (χ0v) is 21.0. The lowest BCUT2D eigenvalue weighted by Gasteiger charge is -2.31. The highest BCUT2D eigenvalue weighted by Gasteiger charge is 2.36. The average Bonchev–Trinajstić information content (AvgIpc) is 2.18. The van der Waals surface area contributed by atoms with Crippen molar-refractivity contribution in [1.29, 1.82) is 0 Å². The Morgan fingerprint density at radius 2 is 0.650 bits per heavy atom. The molecule has 0 unspecified atom stereocenters. The van der Waals surface area contributed by atoms with Crippen molar-refractivity contribution in [3.8, 4) is 0 Å². The number of halogens is 6. The summed E-state index contributed by atoms with van der Waals surface area (Å²) in [7, 11) is -1.48. The molecule has 0 heterocycles. The highest BCUT2D eigenvalue weighted by molar-refractivity contribution is 7.46. The molecule has 0 radical (unpaired) electrons. The van der Waals surface area contributed by atoms with Gasteiger partial charge in [-0.25, -0.2) is 0 Å². The first kappa shape index (κ1) is 22.6. The predicted octanol–water partition coefficient (Wildman–Crippen LogP) is 7.71. The second kappa shape index (κ2) is 8.63. The third-order valence-electron chi connectivity index (χ3n) is 3.50. The van der Waals surface area contributed by atoms with Crippen LogP contribution in [0.25, 0.3) is 0 Å². The van der Waals surface area contributed by atoms with E-state index in [9.17, 15) is 0 Å². The van der Waals surface area contributed by atoms with Crippen LogP contribution in [0.4, 0.5) is 0 Å². The van der Waals surface area contributed by atoms with Gasteiger partial charge in [-0.1, -0.05) is 24.7 Å². The standard InChI is InChI=1S/C10H24Cl6Si4/c1-17(5-8-18(2,11)12,6-9-19(3,13)14)7-10-20(4,15)16/h5-10H2,1-4H3. The topological polar surface area (TPSA) is 0 Å². The lowest BCUT2D eigenvalue weighted by molar-refractivity contribution is 1.15. The van der Waals surface area contributed by atoms with E-state index in [1.165, 1.54) is 0 Å². The minimum absolute atomic E-state index is 0.935. The normalized spacial score (nSPS) is 14.7. The highest BCUT2D eigenvalue weighted by atomic mass is 35.7. The Labute approximate surface area is 156 Å². The molecule has 0 aromatic heterocycles. The van der Waals surface area contributed by atoms with Crippen molar-refractivity contribution in [3.63, 3.8) is 0 Å². The van der Waals surface area contributed by atoms with E-state index < -0.39 is 28.2 Å². The molecule has 0 spiro atoms. The Balaban J connectivity index is 4.66. The van der Waals surface area contributed by atoms with Gasteiger partial charge >= 0.3 is 0 Å². The molecule has 0 bridgehead atoms. The van der Waals surface area contributed by atoms with Gasteiger partial charge in [0.1, 0.15) is 0 Å². The summed E-state index contributed by atoms with van der Waals surface area (Å²) < 4.78 is 0. The van der Waals surface area contributed by atoms with Gasteiger partial charge < -0.3 is 0 Å². The van der Waals surface area contributed by atoms with E-state index in [1.807, 2.05) is 19.6 Å². The molecule has 0 atom stereocenters. The van der Waals surface area contributed by atoms with Gasteiger partial charge in [-0.05, 0) is 37.8 Å². The van der Waals surface area contributed by atoms with Crippen molar-refractivity contribution in [1.82, 2.24) is 0 Å². The largest absolute Gasteiger partial charge is 0.248 e. The fraction of sp³-hybridized carbons (Fsp3) is 1.00. The first-order chi connectivity index (χ1) is 8.62. The third kappa shape index (κ3) is 14.2. The van der Waals surface area contributed by atoms with Gasteiger partial charge in [-0.15, -0.1) is 66.5 Å². The van der Waals surface area contributed by atoms with Crippen LogP contribution in [0.15, 0.2) is 0 Å². The molecule has 0 fully saturated rings. The van der Waals surface area contributed by atoms with Gasteiger partial charge in [0.15, 0.2) is 0 Å². The maximum absolute atomic E-state index is 6.26. The minimum Gasteiger partial charge on any atom is -0.146 e. The summed E-state index contributed by atoms with van der Waals surface area (Å²) in [5.41, 5.74) is 0. The van der Waals surface area contributed by atoms with Gasteiger partial charge in [-0.3, -0.25) is 0 Å². The molecular formula is C10H24Cl6Si4. The van der Waals surface area contributed by atoms with E-state index in [-0.39, 0.29) is 0 Å². The van der Waals surface area contributed by atoms with Crippen molar-refractivity contribution in [2.45, 2.75) is 62.5 Å². The maximum atomic E-state index is 6.26. The molecule has 20 heavy (non-hydrogen) atoms. The Hall–Kier alpha value is 2.61. The summed E-state index contributed by atoms with van der Waals surface area (Å²) in [5, 5.41) is 0. The zero-order chi connectivity index (χ0) is 16.2. The van der Waals surface area contributed by atoms with Gasteiger partial charge in [0, 0.05) is 8.07 Å². The summed E-state index contributed by atoms with van der Waals surface area (Å²) in [6, 6.07) is 6.18. The van der Waals surface area contributed by atoms with Crippen LogP contribution in [-0.4, -0.2) is 28.2 Å². The van der Waals surface area contributed by atoms with Gasteiger partial charge in [0.05, 0.1) is 0 Å². The Morgan fingerprint density at radius 1 is 0.450 bits per heavy atom. The van der Waals surface area contributed by atoms with Gasteiger partial charge in [0.2, 0.25) is 20.1 Å². The van der Waals surface area contributed by atoms with Crippen LogP contribution in [0.5, 0.6) is 0 Å². The summed E-state index contributed by atoms with van der Waals surface area (Å²) in [4.78, 5) is 0. The Kier molecular flexibility index (Phi) is 9.76. The monoisotopic (exact) mass is 466 g/mol. The molecule has 10 heteroatoms. The van der Waals surface area contributed by atoms with Crippen LogP contribution in [0, 0.1) is 0 Å². The SMILES string of the molecule is C[Si](Cl)(Cl)CC[Si](C)(CC[Si](C)(Cl)Cl)CC[Si](C)(Cl)Cl. The van der Waals surface area contributed by atoms with E-state index in [1.54, 1.807) is 0 Å². The predicted molar refractivity (Wildman–Crippen MR) is 110 cm³/mol. The quantitative estimate of drug-likeness (QED) is 0.240. The van der Waals surface area contributed by atoms with Crippen LogP contribution < -0.4 is 0 Å². The van der Waals surface area contributed by atoms with Crippen LogP contribution in [-0.2, 0) is 0 Å². The van der Waals surface area contributed by atoms with E-state index in [0.717, 1.165) is 36.3 Å². The van der Waals surface area contributed by atoms with Gasteiger partial charge in [0.25, 0.3) is 0 Å². The smallest absolute Gasteiger partial charge is 0.146 e. The molecule has 0 saturated carbocycles. The van der Waals surface area contributed by atoms with E-state index >= 15 is 0 Å². The van der Waals surface area contributed by atoms with Crippen molar-refractivity contribution in [3.05, 3.63) is 0 Å². The molecule has 0 aromatic rings. The minimum atomic E-state index is -2.05. The molecule has 0 aliphatic rings. The number of hydrogen-bond donors (Lipinski definition) is 0. The molecule has 0 aromatic carbocycles. The maximum Gasteiger partial charge on any atom is 0.248 e. The lowest BCUT2D eigenvalue weighted by Crippen LogP contribution is -2.35. The zero-order valence-electron chi connectivity index (χ0n) is 12.5. The van der Waals surface area contributed by atoms with Crippen molar-refractivity contribution in [2.24, 2.45) is 0 Å². The first-order valence-corrected chi connectivity index (χ1v) is 24.1. The molecule has 122 valence electrons. The number of rotatable bonds is 9. The average molecular weight is 469 g/mol. The highest BCUT2D eigenvalue weighted by Crippen LogP contribution is 2.37. The third-order valence-corrected chi connectivity index (χ3v) is 16.2. The molecule has 0 N–H and O–H groups in total. The molecule has 0 aliphatic heterocycles. The second-order valence-electron chi connectivity index (χ2n) is 6.52. The fourth-order valence-corrected chi connectivity index (χ4v) is 20.3. The Morgan fingerprint density at radius 3 is 0.800 bits per heavy atom. The van der Waals surface area contributed by atoms with E-state index in [2.05, 4.69) is 6.55 Å². The van der Waals surface area contributed by atoms with Crippen LogP contribution in [0.3, 0.4) is 0 Å². The summed E-state index contributed by atoms with van der Waals surface area (Å²) in [6.07, 6.45) is 0. The van der Waals surface area contributed by atoms with Crippen molar-refractivity contribution >= 4 is 94.6 Å². The van der Waals surface area contributed by atoms with Crippen molar-refractivity contribution < 1.29 is 0 Å². The first-order valence-electron chi connectivity index (χ1n) is 6.76. The van der Waals surface area contributed by atoms with Crippen LogP contribution >= 0.6 is 66.5 Å². The van der Waals surface area contributed by atoms with Crippen molar-refractivity contribution in [2.75, 3.05) is 0 Å². The summed E-state index contributed by atoms with van der Waals surface area (Å²) in [5.74, 6) is 0. The Bertz CT molecular complexity index is 248. The molecule has 0 aliphatic carbocycles. The fourth-order valence-electron chi connectivity index (χ4n) is 1.94. The van der Waals surface area contributed by atoms with E-state index in [0.29, 0.717) is 0 Å². The summed E-state index contributed by atoms with van der Waals surface area (Å²) in [6.45, 7) is 2.19. The molecular weight excluding hydrogens is 445 g/mol. The van der Waals surface area contributed by atoms with Crippen LogP contribution in [0.2, 0.25) is 62.5 Å². The molecule has 0 amide bonds. The second-order valence-corrected chi connectivity index (χ2v) is 36.3. The van der Waals surface area contributed by atoms with Gasteiger partial charge in [-0.2, -0.15) is 0 Å². The summed E-state index contributed by atoms with van der Waals surface area (Å²) >= 11 is 37.6. The molecule has 0 rings (SSSR count). The number of hydrogen-bond acceptors (Lipinski definition) is 0. The lowest BCUT2D eigenvalue weighted by atomic mass is 10.9. The van der Waals surface area contributed by atoms with Crippen LogP contribution in [0.1, 0.15) is 0 Å². The molecule has 0 nitrogen and oxygen atoms in total.